The monoisotopic (exact) mass is 694 g/mol. The van der Waals surface area contributed by atoms with Gasteiger partial charge in [-0.1, -0.05) is 12.2 Å². The second-order valence-electron chi connectivity index (χ2n) is 14.3. The van der Waals surface area contributed by atoms with Gasteiger partial charge < -0.3 is 19.8 Å². The molecule has 53 heavy (non-hydrogen) atoms. The van der Waals surface area contributed by atoms with Gasteiger partial charge in [0.1, 0.15) is 35.8 Å². The van der Waals surface area contributed by atoms with Crippen LogP contribution in [0, 0.1) is 17.2 Å². The fourth-order valence-electron chi connectivity index (χ4n) is 7.92. The third-order valence-electron chi connectivity index (χ3n) is 9.98. The lowest BCUT2D eigenvalue weighted by atomic mass is 9.81. The van der Waals surface area contributed by atoms with Crippen LogP contribution in [0.5, 0.6) is 0 Å². The van der Waals surface area contributed by atoms with Gasteiger partial charge in [-0.25, -0.2) is 25.0 Å². The molecule has 0 saturated heterocycles. The summed E-state index contributed by atoms with van der Waals surface area (Å²) >= 11 is 0. The van der Waals surface area contributed by atoms with Crippen LogP contribution in [0.3, 0.4) is 0 Å². The number of nitriles is 1. The van der Waals surface area contributed by atoms with Crippen molar-refractivity contribution in [1.82, 2.24) is 18.7 Å². The molecule has 12 nitrogen and oxygen atoms in total. The molecule has 5 aromatic rings. The Morgan fingerprint density at radius 3 is 2.13 bits per heavy atom. The number of nitrogens with zero attached hydrogens (tertiary/aromatic N) is 10. The Bertz CT molecular complexity index is 2680. The van der Waals surface area contributed by atoms with Gasteiger partial charge in [-0.05, 0) is 81.8 Å². The van der Waals surface area contributed by atoms with Gasteiger partial charge in [0.2, 0.25) is 5.84 Å². The number of hydrogen-bond donors (Lipinski definition) is 2. The number of hydrogen-bond acceptors (Lipinski definition) is 9. The first-order chi connectivity index (χ1) is 25.8. The number of aliphatic imine (C=N–C) groups is 5. The summed E-state index contributed by atoms with van der Waals surface area (Å²) in [5.74, 6) is 1.07. The third kappa shape index (κ3) is 4.81. The second kappa shape index (κ2) is 11.6. The fraction of sp³-hybridized carbons (Fsp3) is 0.195. The Hall–Kier alpha value is -6.87. The van der Waals surface area contributed by atoms with E-state index >= 15 is 0 Å². The summed E-state index contributed by atoms with van der Waals surface area (Å²) in [6.45, 7) is 8.52. The standard InChI is InChI=1S/C41H34N12/c1-22(2)45-30-16-24(51-11-5-6-12-51)15-29-35(30)28(20-43-29)37-26-9-10-27-34(26)36-39(49-37)47-33(19-42)48-40(36)50-41(27)53-21-44-31-17-25(52-13-7-8-14-52)18-32(38(31)53)46-23(3)4/h5-18,20-23,28,36,45-46H,1-4H3. The maximum Gasteiger partial charge on any atom is 0.235 e. The van der Waals surface area contributed by atoms with Crippen molar-refractivity contribution < 1.29 is 0 Å². The molecule has 0 amide bonds. The Morgan fingerprint density at radius 1 is 0.755 bits per heavy atom. The summed E-state index contributed by atoms with van der Waals surface area (Å²) in [6, 6.07) is 19.1. The van der Waals surface area contributed by atoms with Crippen LogP contribution in [-0.2, 0) is 0 Å². The lowest BCUT2D eigenvalue weighted by molar-refractivity contribution is 0.887. The highest BCUT2D eigenvalue weighted by molar-refractivity contribution is 6.29. The summed E-state index contributed by atoms with van der Waals surface area (Å²) in [4.78, 5) is 29.6. The number of rotatable bonds is 7. The van der Waals surface area contributed by atoms with Gasteiger partial charge in [-0.15, -0.1) is 0 Å². The molecular weight excluding hydrogens is 661 g/mol. The van der Waals surface area contributed by atoms with E-state index < -0.39 is 5.92 Å². The van der Waals surface area contributed by atoms with E-state index in [1.807, 2.05) is 66.2 Å². The van der Waals surface area contributed by atoms with Crippen molar-refractivity contribution in [3.8, 4) is 17.4 Å². The molecule has 5 aliphatic rings. The van der Waals surface area contributed by atoms with Crippen LogP contribution in [0.15, 0.2) is 139 Å². The predicted molar refractivity (Wildman–Crippen MR) is 211 cm³/mol. The van der Waals surface area contributed by atoms with Gasteiger partial charge in [0.05, 0.1) is 34.0 Å². The highest BCUT2D eigenvalue weighted by Gasteiger charge is 2.45. The molecule has 7 heterocycles. The zero-order valence-corrected chi connectivity index (χ0v) is 29.5. The second-order valence-corrected chi connectivity index (χ2v) is 14.3. The van der Waals surface area contributed by atoms with Crippen molar-refractivity contribution in [3.05, 3.63) is 120 Å². The minimum absolute atomic E-state index is 0.0314. The summed E-state index contributed by atoms with van der Waals surface area (Å²) in [5.41, 5.74) is 11.5. The molecule has 4 aliphatic heterocycles. The van der Waals surface area contributed by atoms with Gasteiger partial charge in [0, 0.05) is 76.9 Å². The fourth-order valence-corrected chi connectivity index (χ4v) is 7.92. The predicted octanol–water partition coefficient (Wildman–Crippen LogP) is 7.50. The largest absolute Gasteiger partial charge is 0.382 e. The molecule has 0 spiro atoms. The van der Waals surface area contributed by atoms with E-state index in [4.69, 9.17) is 20.0 Å². The van der Waals surface area contributed by atoms with Crippen molar-refractivity contribution in [2.45, 2.75) is 45.7 Å². The van der Waals surface area contributed by atoms with Crippen molar-refractivity contribution >= 4 is 57.7 Å². The van der Waals surface area contributed by atoms with Crippen LogP contribution in [-0.4, -0.2) is 60.3 Å². The van der Waals surface area contributed by atoms with E-state index in [0.717, 1.165) is 67.5 Å². The first-order valence-electron chi connectivity index (χ1n) is 17.8. The van der Waals surface area contributed by atoms with Crippen LogP contribution < -0.4 is 10.6 Å². The van der Waals surface area contributed by atoms with E-state index in [9.17, 15) is 5.26 Å². The summed E-state index contributed by atoms with van der Waals surface area (Å²) in [6.07, 6.45) is 16.2. The molecule has 0 saturated carbocycles. The number of imidazole rings is 1. The van der Waals surface area contributed by atoms with E-state index in [-0.39, 0.29) is 23.8 Å². The summed E-state index contributed by atoms with van der Waals surface area (Å²) < 4.78 is 6.20. The number of allylic oxidation sites excluding steroid dienone is 5. The van der Waals surface area contributed by atoms with Gasteiger partial charge in [-0.3, -0.25) is 9.56 Å². The maximum absolute atomic E-state index is 10.1. The Labute approximate surface area is 305 Å². The summed E-state index contributed by atoms with van der Waals surface area (Å²) in [7, 11) is 0. The number of dihydropyridines is 1. The van der Waals surface area contributed by atoms with Crippen LogP contribution in [0.25, 0.3) is 22.4 Å². The zero-order valence-electron chi connectivity index (χ0n) is 29.5. The molecule has 2 unspecified atom stereocenters. The average Bonchev–Trinajstić information content (AvgIpc) is 3.99. The molecule has 3 aromatic heterocycles. The van der Waals surface area contributed by atoms with Gasteiger partial charge in [0.25, 0.3) is 0 Å². The first-order valence-corrected chi connectivity index (χ1v) is 17.8. The average molecular weight is 695 g/mol. The first kappa shape index (κ1) is 30.9. The molecule has 1 aliphatic carbocycles. The quantitative estimate of drug-likeness (QED) is 0.182. The Balaban J connectivity index is 1.16. The molecule has 2 atom stereocenters. The molecule has 12 heteroatoms. The number of nitrogens with one attached hydrogen (secondary N) is 2. The maximum atomic E-state index is 10.1. The van der Waals surface area contributed by atoms with Crippen LogP contribution in [0.2, 0.25) is 0 Å². The Morgan fingerprint density at radius 2 is 1.42 bits per heavy atom. The summed E-state index contributed by atoms with van der Waals surface area (Å²) in [5, 5.41) is 17.4. The molecular formula is C41H34N12. The molecule has 10 rings (SSSR count). The van der Waals surface area contributed by atoms with Crippen molar-refractivity contribution in [2.75, 3.05) is 10.6 Å². The van der Waals surface area contributed by atoms with Gasteiger partial charge >= 0.3 is 0 Å². The molecule has 258 valence electrons. The van der Waals surface area contributed by atoms with Gasteiger partial charge in [-0.2, -0.15) is 5.26 Å². The van der Waals surface area contributed by atoms with Crippen LogP contribution in [0.4, 0.5) is 17.1 Å². The molecule has 0 bridgehead atoms. The van der Waals surface area contributed by atoms with Crippen LogP contribution in [0.1, 0.15) is 39.2 Å². The minimum Gasteiger partial charge on any atom is -0.382 e. The highest BCUT2D eigenvalue weighted by atomic mass is 15.2. The lowest BCUT2D eigenvalue weighted by Crippen LogP contribution is -2.37. The smallest absolute Gasteiger partial charge is 0.235 e. The normalized spacial score (nSPS) is 19.4. The topological polar surface area (TPSA) is 137 Å². The zero-order chi connectivity index (χ0) is 36.0. The van der Waals surface area contributed by atoms with E-state index in [1.165, 1.54) is 0 Å². The molecule has 2 aromatic carbocycles. The van der Waals surface area contributed by atoms with Crippen LogP contribution >= 0.6 is 0 Å². The van der Waals surface area contributed by atoms with Crippen molar-refractivity contribution in [3.63, 3.8) is 0 Å². The number of aromatic nitrogens is 4. The van der Waals surface area contributed by atoms with Crippen molar-refractivity contribution in [2.24, 2.45) is 30.9 Å². The van der Waals surface area contributed by atoms with E-state index in [1.54, 1.807) is 0 Å². The number of fused-ring (bicyclic) bond motifs is 2. The number of benzene rings is 2. The lowest BCUT2D eigenvalue weighted by Gasteiger charge is -2.32. The SMILES string of the molecule is CC(C)Nc1cc(-n2cccc2)cc2c1C(C1=C3C=CC4=C3C3C(=NC(C#N)=NC3=N1)N=C4n1cnc3cc(-n4cccc4)cc(NC(C)C)c31)C=N2. The number of anilines is 2. The number of amidine groups is 3. The van der Waals surface area contributed by atoms with E-state index in [0.29, 0.717) is 17.5 Å². The van der Waals surface area contributed by atoms with Crippen molar-refractivity contribution in [1.29, 1.82) is 5.26 Å². The molecule has 2 N–H and O–H groups in total. The van der Waals surface area contributed by atoms with Gasteiger partial charge in [0.15, 0.2) is 0 Å². The Kier molecular flexibility index (Phi) is 6.75. The molecule has 0 radical (unpaired) electrons. The molecule has 0 fully saturated rings. The van der Waals surface area contributed by atoms with E-state index in [2.05, 4.69) is 99.9 Å². The minimum atomic E-state index is -0.398. The highest BCUT2D eigenvalue weighted by Crippen LogP contribution is 2.50. The third-order valence-corrected chi connectivity index (χ3v) is 9.98.